The summed E-state index contributed by atoms with van der Waals surface area (Å²) in [5, 5.41) is 9.28. The van der Waals surface area contributed by atoms with Gasteiger partial charge < -0.3 is 10.2 Å². The largest absolute Gasteiger partial charge is 0.333 e. The first-order chi connectivity index (χ1) is 17.1. The normalized spacial score (nSPS) is 14.1. The number of amides is 2. The lowest BCUT2D eigenvalue weighted by molar-refractivity contribution is -0.117. The van der Waals surface area contributed by atoms with Gasteiger partial charge in [0.25, 0.3) is 5.91 Å². The zero-order valence-electron chi connectivity index (χ0n) is 18.8. The first-order valence-electron chi connectivity index (χ1n) is 11.2. The number of para-hydroxylation sites is 1. The number of hydrogen-bond acceptors (Lipinski definition) is 6. The Morgan fingerprint density at radius 2 is 1.69 bits per heavy atom. The molecule has 1 N–H and O–H groups in total. The summed E-state index contributed by atoms with van der Waals surface area (Å²) in [5.74, 6) is 0.0212. The van der Waals surface area contributed by atoms with E-state index in [1.165, 1.54) is 24.3 Å². The number of nitrogens with zero attached hydrogens (tertiary/aromatic N) is 5. The maximum Gasteiger partial charge on any atom is 0.293 e. The highest BCUT2D eigenvalue weighted by Gasteiger charge is 2.27. The van der Waals surface area contributed by atoms with E-state index in [1.807, 2.05) is 52.7 Å². The molecule has 2 aromatic carbocycles. The van der Waals surface area contributed by atoms with Crippen LogP contribution in [0.25, 0.3) is 16.4 Å². The monoisotopic (exact) mass is 490 g/mol. The predicted octanol–water partition coefficient (Wildman–Crippen LogP) is 3.53. The van der Waals surface area contributed by atoms with Crippen LogP contribution in [0.1, 0.15) is 10.6 Å². The van der Waals surface area contributed by atoms with Crippen LogP contribution in [0.15, 0.2) is 72.1 Å². The number of rotatable bonds is 6. The van der Waals surface area contributed by atoms with E-state index in [1.54, 1.807) is 20.9 Å². The molecule has 0 atom stereocenters. The van der Waals surface area contributed by atoms with E-state index in [2.05, 4.69) is 15.4 Å². The van der Waals surface area contributed by atoms with E-state index in [4.69, 9.17) is 0 Å². The Labute approximate surface area is 205 Å². The minimum Gasteiger partial charge on any atom is -0.333 e. The van der Waals surface area contributed by atoms with Crippen molar-refractivity contribution in [3.63, 3.8) is 0 Å². The number of carbonyl (C=O) groups excluding carboxylic acids is 2. The van der Waals surface area contributed by atoms with Crippen LogP contribution in [0.4, 0.5) is 10.1 Å². The van der Waals surface area contributed by atoms with Crippen LogP contribution in [-0.2, 0) is 4.79 Å². The molecule has 1 fully saturated rings. The van der Waals surface area contributed by atoms with Crippen molar-refractivity contribution in [1.29, 1.82) is 0 Å². The van der Waals surface area contributed by atoms with Crippen molar-refractivity contribution in [1.82, 2.24) is 24.6 Å². The topological polar surface area (TPSA) is 83.4 Å². The Morgan fingerprint density at radius 1 is 0.943 bits per heavy atom. The molecule has 0 radical (unpaired) electrons. The van der Waals surface area contributed by atoms with Crippen molar-refractivity contribution in [2.45, 2.75) is 0 Å². The highest BCUT2D eigenvalue weighted by molar-refractivity contribution is 7.13. The third-order valence-corrected chi connectivity index (χ3v) is 6.56. The molecule has 2 aromatic heterocycles. The summed E-state index contributed by atoms with van der Waals surface area (Å²) >= 11 is 1.54. The van der Waals surface area contributed by atoms with Crippen LogP contribution in [0.3, 0.4) is 0 Å². The first-order valence-corrected chi connectivity index (χ1v) is 12.1. The maximum atomic E-state index is 13.2. The van der Waals surface area contributed by atoms with E-state index < -0.39 is 0 Å². The van der Waals surface area contributed by atoms with Crippen molar-refractivity contribution < 1.29 is 14.0 Å². The quantitative estimate of drug-likeness (QED) is 0.447. The minimum atomic E-state index is -0.352. The van der Waals surface area contributed by atoms with Gasteiger partial charge in [-0.1, -0.05) is 24.3 Å². The van der Waals surface area contributed by atoms with Crippen molar-refractivity contribution in [3.05, 3.63) is 83.8 Å². The summed E-state index contributed by atoms with van der Waals surface area (Å²) < 4.78 is 14.7. The van der Waals surface area contributed by atoms with Crippen LogP contribution in [0.2, 0.25) is 0 Å². The molecule has 5 rings (SSSR count). The summed E-state index contributed by atoms with van der Waals surface area (Å²) in [6, 6.07) is 19.2. The Morgan fingerprint density at radius 3 is 2.37 bits per heavy atom. The molecule has 35 heavy (non-hydrogen) atoms. The molecule has 0 unspecified atom stereocenters. The fourth-order valence-corrected chi connectivity index (χ4v) is 4.60. The lowest BCUT2D eigenvalue weighted by Gasteiger charge is -2.33. The smallest absolute Gasteiger partial charge is 0.293 e. The van der Waals surface area contributed by atoms with Crippen molar-refractivity contribution in [2.75, 3.05) is 38.0 Å². The maximum absolute atomic E-state index is 13.2. The Kier molecular flexibility index (Phi) is 6.64. The number of hydrogen-bond donors (Lipinski definition) is 1. The SMILES string of the molecule is O=C(CN1CCN(C(=O)c2nc(-c3cccs3)n(-c3ccccc3)n2)CC1)Nc1ccc(F)cc1. The molecular weight excluding hydrogens is 467 g/mol. The molecule has 1 aliphatic rings. The van der Waals surface area contributed by atoms with Gasteiger partial charge in [-0.2, -0.15) is 0 Å². The van der Waals surface area contributed by atoms with Gasteiger partial charge in [0, 0.05) is 31.9 Å². The fourth-order valence-electron chi connectivity index (χ4n) is 3.90. The number of piperazine rings is 1. The van der Waals surface area contributed by atoms with Crippen LogP contribution in [0, 0.1) is 5.82 Å². The molecule has 8 nitrogen and oxygen atoms in total. The molecule has 0 spiro atoms. The van der Waals surface area contributed by atoms with E-state index in [-0.39, 0.29) is 30.0 Å². The van der Waals surface area contributed by atoms with Gasteiger partial charge in [-0.15, -0.1) is 16.4 Å². The summed E-state index contributed by atoms with van der Waals surface area (Å²) in [5.41, 5.74) is 1.38. The molecule has 2 amide bonds. The Balaban J connectivity index is 1.23. The van der Waals surface area contributed by atoms with Crippen LogP contribution in [-0.4, -0.2) is 69.1 Å². The minimum absolute atomic E-state index is 0.153. The van der Waals surface area contributed by atoms with E-state index in [0.717, 1.165) is 10.6 Å². The van der Waals surface area contributed by atoms with Crippen molar-refractivity contribution in [3.8, 4) is 16.4 Å². The Hall–Kier alpha value is -3.89. The standard InChI is InChI=1S/C25H23FN6O2S/c26-18-8-10-19(11-9-18)27-22(33)17-30-12-14-31(15-13-30)25(34)23-28-24(21-7-4-16-35-21)32(29-23)20-5-2-1-3-6-20/h1-11,16H,12-15,17H2,(H,27,33). The van der Waals surface area contributed by atoms with Crippen LogP contribution < -0.4 is 5.32 Å². The molecule has 0 bridgehead atoms. The second-order valence-corrected chi connectivity index (χ2v) is 9.05. The van der Waals surface area contributed by atoms with Crippen molar-refractivity contribution >= 4 is 28.8 Å². The molecule has 1 aliphatic heterocycles. The van der Waals surface area contributed by atoms with Gasteiger partial charge in [0.1, 0.15) is 5.82 Å². The number of benzene rings is 2. The molecular formula is C25H23FN6O2S. The molecule has 178 valence electrons. The average molecular weight is 491 g/mol. The third kappa shape index (κ3) is 5.28. The number of halogens is 1. The summed E-state index contributed by atoms with van der Waals surface area (Å²) in [6.07, 6.45) is 0. The third-order valence-electron chi connectivity index (χ3n) is 5.70. The second-order valence-electron chi connectivity index (χ2n) is 8.11. The highest BCUT2D eigenvalue weighted by Crippen LogP contribution is 2.26. The second kappa shape index (κ2) is 10.2. The van der Waals surface area contributed by atoms with Gasteiger partial charge in [-0.25, -0.2) is 14.1 Å². The first kappa shape index (κ1) is 22.9. The number of anilines is 1. The fraction of sp³-hybridized carbons (Fsp3) is 0.200. The number of nitrogens with one attached hydrogen (secondary N) is 1. The number of thiophene rings is 1. The highest BCUT2D eigenvalue weighted by atomic mass is 32.1. The average Bonchev–Trinajstić information content (AvgIpc) is 3.56. The summed E-state index contributed by atoms with van der Waals surface area (Å²) in [4.78, 5) is 34.8. The molecule has 3 heterocycles. The van der Waals surface area contributed by atoms with Gasteiger partial charge in [0.2, 0.25) is 11.7 Å². The summed E-state index contributed by atoms with van der Waals surface area (Å²) in [7, 11) is 0. The van der Waals surface area contributed by atoms with E-state index in [9.17, 15) is 14.0 Å². The predicted molar refractivity (Wildman–Crippen MR) is 132 cm³/mol. The lowest BCUT2D eigenvalue weighted by atomic mass is 10.3. The lowest BCUT2D eigenvalue weighted by Crippen LogP contribution is -2.50. The van der Waals surface area contributed by atoms with Gasteiger partial charge >= 0.3 is 0 Å². The zero-order valence-corrected chi connectivity index (χ0v) is 19.6. The number of carbonyl (C=O) groups is 2. The number of aromatic nitrogens is 3. The van der Waals surface area contributed by atoms with Gasteiger partial charge in [-0.05, 0) is 47.8 Å². The zero-order chi connectivity index (χ0) is 24.2. The Bertz CT molecular complexity index is 1300. The van der Waals surface area contributed by atoms with Crippen LogP contribution in [0.5, 0.6) is 0 Å². The van der Waals surface area contributed by atoms with E-state index >= 15 is 0 Å². The molecule has 1 saturated heterocycles. The van der Waals surface area contributed by atoms with Gasteiger partial charge in [0.05, 0.1) is 17.1 Å². The van der Waals surface area contributed by atoms with E-state index in [0.29, 0.717) is 37.7 Å². The van der Waals surface area contributed by atoms with Crippen LogP contribution >= 0.6 is 11.3 Å². The molecule has 0 saturated carbocycles. The molecule has 0 aliphatic carbocycles. The van der Waals surface area contributed by atoms with Gasteiger partial charge in [0.15, 0.2) is 5.82 Å². The molecule has 10 heteroatoms. The van der Waals surface area contributed by atoms with Gasteiger partial charge in [-0.3, -0.25) is 14.5 Å². The molecule has 4 aromatic rings. The summed E-state index contributed by atoms with van der Waals surface area (Å²) in [6.45, 7) is 2.25. The van der Waals surface area contributed by atoms with Crippen molar-refractivity contribution in [2.24, 2.45) is 0 Å².